The lowest BCUT2D eigenvalue weighted by molar-refractivity contribution is -0.113. The van der Waals surface area contributed by atoms with Crippen molar-refractivity contribution in [1.29, 1.82) is 0 Å². The normalized spacial score (nSPS) is 14.8. The Hall–Kier alpha value is -2.68. The second-order valence-corrected chi connectivity index (χ2v) is 9.38. The quantitative estimate of drug-likeness (QED) is 0.266. The van der Waals surface area contributed by atoms with Crippen LogP contribution in [0, 0.1) is 5.82 Å². The molecule has 0 atom stereocenters. The summed E-state index contributed by atoms with van der Waals surface area (Å²) in [5.41, 5.74) is 1.92. The van der Waals surface area contributed by atoms with Crippen molar-refractivity contribution in [2.24, 2.45) is 0 Å². The SMILES string of the molecule is COc1cc(/C=C2/SC(=S)N(c3cccc(Br)c3)C2=O)ccc1OCc1ccccc1F. The highest BCUT2D eigenvalue weighted by atomic mass is 79.9. The molecular formula is C24H17BrFNO3S2. The van der Waals surface area contributed by atoms with Crippen molar-refractivity contribution in [1.82, 2.24) is 0 Å². The van der Waals surface area contributed by atoms with Gasteiger partial charge in [0.15, 0.2) is 15.8 Å². The van der Waals surface area contributed by atoms with Crippen LogP contribution < -0.4 is 14.4 Å². The van der Waals surface area contributed by atoms with Crippen molar-refractivity contribution < 1.29 is 18.7 Å². The van der Waals surface area contributed by atoms with Crippen LogP contribution in [0.25, 0.3) is 6.08 Å². The highest BCUT2D eigenvalue weighted by Gasteiger charge is 2.33. The van der Waals surface area contributed by atoms with Gasteiger partial charge in [0.05, 0.1) is 17.7 Å². The van der Waals surface area contributed by atoms with Crippen molar-refractivity contribution >= 4 is 61.9 Å². The molecule has 4 rings (SSSR count). The number of benzene rings is 3. The lowest BCUT2D eigenvalue weighted by Gasteiger charge is -2.14. The van der Waals surface area contributed by atoms with E-state index in [0.29, 0.717) is 32.0 Å². The number of anilines is 1. The Balaban J connectivity index is 1.54. The van der Waals surface area contributed by atoms with Gasteiger partial charge in [-0.3, -0.25) is 9.69 Å². The Labute approximate surface area is 203 Å². The average Bonchev–Trinajstić information content (AvgIpc) is 3.06. The van der Waals surface area contributed by atoms with Gasteiger partial charge in [-0.2, -0.15) is 0 Å². The number of carbonyl (C=O) groups excluding carboxylic acids is 1. The van der Waals surface area contributed by atoms with Crippen molar-refractivity contribution in [3.63, 3.8) is 0 Å². The van der Waals surface area contributed by atoms with Crippen molar-refractivity contribution in [3.05, 3.63) is 93.1 Å². The Morgan fingerprint density at radius 1 is 1.09 bits per heavy atom. The number of thiocarbonyl (C=S) groups is 1. The number of carbonyl (C=O) groups is 1. The largest absolute Gasteiger partial charge is 0.493 e. The molecule has 0 aromatic heterocycles. The molecule has 32 heavy (non-hydrogen) atoms. The Kier molecular flexibility index (Phi) is 6.93. The molecule has 1 amide bonds. The van der Waals surface area contributed by atoms with Crippen LogP contribution in [-0.2, 0) is 11.4 Å². The van der Waals surface area contributed by atoms with Crippen LogP contribution in [0.4, 0.5) is 10.1 Å². The lowest BCUT2D eigenvalue weighted by atomic mass is 10.1. The minimum absolute atomic E-state index is 0.0771. The van der Waals surface area contributed by atoms with E-state index in [1.54, 1.807) is 36.4 Å². The number of hydrogen-bond acceptors (Lipinski definition) is 5. The smallest absolute Gasteiger partial charge is 0.270 e. The standard InChI is InChI=1S/C24H17BrFNO3S2/c1-29-21-11-15(9-10-20(21)30-14-16-5-2-3-8-19(16)26)12-22-23(28)27(24(31)32-22)18-7-4-6-17(25)13-18/h2-13H,14H2,1H3/b22-12+. The Morgan fingerprint density at radius 3 is 2.66 bits per heavy atom. The molecule has 3 aromatic carbocycles. The van der Waals surface area contributed by atoms with Gasteiger partial charge in [-0.05, 0) is 48.0 Å². The predicted molar refractivity (Wildman–Crippen MR) is 134 cm³/mol. The minimum Gasteiger partial charge on any atom is -0.493 e. The van der Waals surface area contributed by atoms with Crippen LogP contribution in [0.1, 0.15) is 11.1 Å². The molecule has 4 nitrogen and oxygen atoms in total. The molecule has 3 aromatic rings. The summed E-state index contributed by atoms with van der Waals surface area (Å²) >= 11 is 10.1. The third-order valence-electron chi connectivity index (χ3n) is 4.69. The molecular weight excluding hydrogens is 513 g/mol. The third kappa shape index (κ3) is 4.87. The van der Waals surface area contributed by atoms with E-state index >= 15 is 0 Å². The molecule has 0 unspecified atom stereocenters. The summed E-state index contributed by atoms with van der Waals surface area (Å²) in [6.07, 6.45) is 1.76. The molecule has 0 bridgehead atoms. The van der Waals surface area contributed by atoms with E-state index in [0.717, 1.165) is 10.0 Å². The maximum Gasteiger partial charge on any atom is 0.270 e. The molecule has 0 aliphatic carbocycles. The van der Waals surface area contributed by atoms with E-state index < -0.39 is 0 Å². The second kappa shape index (κ2) is 9.85. The molecule has 1 saturated heterocycles. The maximum atomic E-state index is 13.8. The van der Waals surface area contributed by atoms with Gasteiger partial charge in [-0.15, -0.1) is 0 Å². The average molecular weight is 530 g/mol. The summed E-state index contributed by atoms with van der Waals surface area (Å²) in [5.74, 6) is 0.458. The molecule has 1 fully saturated rings. The first-order valence-corrected chi connectivity index (χ1v) is 11.6. The number of ether oxygens (including phenoxy) is 2. The Morgan fingerprint density at radius 2 is 1.91 bits per heavy atom. The van der Waals surface area contributed by atoms with Crippen LogP contribution in [0.15, 0.2) is 76.1 Å². The molecule has 162 valence electrons. The monoisotopic (exact) mass is 529 g/mol. The van der Waals surface area contributed by atoms with Crippen LogP contribution in [0.5, 0.6) is 11.5 Å². The van der Waals surface area contributed by atoms with E-state index in [9.17, 15) is 9.18 Å². The lowest BCUT2D eigenvalue weighted by Crippen LogP contribution is -2.27. The third-order valence-corrected chi connectivity index (χ3v) is 6.48. The fourth-order valence-electron chi connectivity index (χ4n) is 3.12. The van der Waals surface area contributed by atoms with Crippen LogP contribution in [-0.4, -0.2) is 17.3 Å². The van der Waals surface area contributed by atoms with Gasteiger partial charge in [-0.1, -0.05) is 70.2 Å². The van der Waals surface area contributed by atoms with Gasteiger partial charge in [0.1, 0.15) is 12.4 Å². The first-order valence-electron chi connectivity index (χ1n) is 9.54. The highest BCUT2D eigenvalue weighted by molar-refractivity contribution is 9.10. The number of hydrogen-bond donors (Lipinski definition) is 0. The molecule has 1 heterocycles. The number of rotatable bonds is 6. The predicted octanol–water partition coefficient (Wildman–Crippen LogP) is 6.58. The van der Waals surface area contributed by atoms with Crippen molar-refractivity contribution in [2.45, 2.75) is 6.61 Å². The summed E-state index contributed by atoms with van der Waals surface area (Å²) in [5, 5.41) is 0. The number of amides is 1. The van der Waals surface area contributed by atoms with E-state index in [2.05, 4.69) is 15.9 Å². The maximum absolute atomic E-state index is 13.8. The first-order chi connectivity index (χ1) is 15.5. The molecule has 1 aliphatic heterocycles. The minimum atomic E-state index is -0.324. The van der Waals surface area contributed by atoms with Gasteiger partial charge in [0.25, 0.3) is 5.91 Å². The fourth-order valence-corrected chi connectivity index (χ4v) is 4.81. The zero-order valence-electron chi connectivity index (χ0n) is 16.9. The van der Waals surface area contributed by atoms with Gasteiger partial charge in [0, 0.05) is 10.0 Å². The van der Waals surface area contributed by atoms with Crippen molar-refractivity contribution in [2.75, 3.05) is 12.0 Å². The molecule has 0 spiro atoms. The fraction of sp³-hybridized carbons (Fsp3) is 0.0833. The number of halogens is 2. The van der Waals surface area contributed by atoms with Crippen LogP contribution in [0.3, 0.4) is 0 Å². The van der Waals surface area contributed by atoms with Crippen molar-refractivity contribution in [3.8, 4) is 11.5 Å². The van der Waals surface area contributed by atoms with E-state index in [-0.39, 0.29) is 18.3 Å². The zero-order valence-corrected chi connectivity index (χ0v) is 20.1. The summed E-state index contributed by atoms with van der Waals surface area (Å²) < 4.78 is 26.4. The topological polar surface area (TPSA) is 38.8 Å². The number of thioether (sulfide) groups is 1. The molecule has 8 heteroatoms. The molecule has 0 N–H and O–H groups in total. The number of nitrogens with zero attached hydrogens (tertiary/aromatic N) is 1. The zero-order chi connectivity index (χ0) is 22.7. The summed E-state index contributed by atoms with van der Waals surface area (Å²) in [4.78, 5) is 15.0. The van der Waals surface area contributed by atoms with E-state index in [1.165, 1.54) is 29.8 Å². The first kappa shape index (κ1) is 22.5. The molecule has 1 aliphatic rings. The van der Waals surface area contributed by atoms with Gasteiger partial charge in [-0.25, -0.2) is 4.39 Å². The Bertz CT molecular complexity index is 1230. The summed E-state index contributed by atoms with van der Waals surface area (Å²) in [6.45, 7) is 0.0771. The molecule has 0 radical (unpaired) electrons. The summed E-state index contributed by atoms with van der Waals surface area (Å²) in [6, 6.07) is 19.2. The van der Waals surface area contributed by atoms with Gasteiger partial charge in [0.2, 0.25) is 0 Å². The van der Waals surface area contributed by atoms with Crippen LogP contribution >= 0.6 is 39.9 Å². The van der Waals surface area contributed by atoms with E-state index in [1.807, 2.05) is 30.3 Å². The van der Waals surface area contributed by atoms with Gasteiger partial charge < -0.3 is 9.47 Å². The van der Waals surface area contributed by atoms with Gasteiger partial charge >= 0.3 is 0 Å². The molecule has 0 saturated carbocycles. The highest BCUT2D eigenvalue weighted by Crippen LogP contribution is 2.38. The van der Waals surface area contributed by atoms with Crippen LogP contribution in [0.2, 0.25) is 0 Å². The number of methoxy groups -OCH3 is 1. The van der Waals surface area contributed by atoms with E-state index in [4.69, 9.17) is 21.7 Å². The summed E-state index contributed by atoms with van der Waals surface area (Å²) in [7, 11) is 1.53. The second-order valence-electron chi connectivity index (χ2n) is 6.79.